The number of halogens is 1. The number of alkyl carbamates (subject to hydrolysis) is 1. The minimum Gasteiger partial charge on any atom is -0.453 e. The van der Waals surface area contributed by atoms with Gasteiger partial charge in [-0.1, -0.05) is 37.9 Å². The van der Waals surface area contributed by atoms with E-state index in [-0.39, 0.29) is 24.2 Å². The molecule has 0 unspecified atom stereocenters. The average Bonchev–Trinajstić information content (AvgIpc) is 2.76. The summed E-state index contributed by atoms with van der Waals surface area (Å²) in [5.41, 5.74) is 1.13. The third-order valence-corrected chi connectivity index (χ3v) is 4.94. The predicted octanol–water partition coefficient (Wildman–Crippen LogP) is 3.84. The molecule has 0 aromatic rings. The van der Waals surface area contributed by atoms with Crippen LogP contribution in [0.15, 0.2) is 39.6 Å². The Bertz CT molecular complexity index is 850. The average molecular weight is 481 g/mol. The van der Waals surface area contributed by atoms with E-state index >= 15 is 0 Å². The highest BCUT2D eigenvalue weighted by Crippen LogP contribution is 2.17. The molecule has 0 heterocycles. The Morgan fingerprint density at radius 3 is 2.42 bits per heavy atom. The Morgan fingerprint density at radius 2 is 1.94 bits per heavy atom. The van der Waals surface area contributed by atoms with E-state index in [1.165, 1.54) is 18.1 Å². The van der Waals surface area contributed by atoms with Gasteiger partial charge in [-0.15, -0.1) is 5.92 Å². The summed E-state index contributed by atoms with van der Waals surface area (Å²) in [7, 11) is 1.24. The highest BCUT2D eigenvalue weighted by molar-refractivity contribution is 6.32. The van der Waals surface area contributed by atoms with Crippen LogP contribution in [-0.4, -0.2) is 66.2 Å². The van der Waals surface area contributed by atoms with Crippen molar-refractivity contribution in [3.8, 4) is 11.8 Å². The number of ether oxygens (including phenoxy) is 1. The smallest absolute Gasteiger partial charge is 0.411 e. The number of amidine groups is 1. The standard InChI is InChI=1S/C24H37ClN4O4/c1-9-11-21(25)14-22(27-24(32)33-8)18(5)19(6)26-20(7)29(16-30)15-23(31)28(10-2)13-12-17(3)4/h14,17,30H,6,10,12-13,15-16H2,1-5,7-8H3,(H,27,32)/b21-14+,22-18-,26-20-. The number of hydrogen-bond donors (Lipinski definition) is 2. The number of carbonyl (C=O) groups excluding carboxylic acids is 2. The van der Waals surface area contributed by atoms with Crippen LogP contribution in [0.2, 0.25) is 0 Å². The number of methoxy groups -OCH3 is 1. The van der Waals surface area contributed by atoms with Gasteiger partial charge in [-0.25, -0.2) is 9.79 Å². The zero-order valence-electron chi connectivity index (χ0n) is 20.8. The first kappa shape index (κ1) is 30.2. The largest absolute Gasteiger partial charge is 0.453 e. The van der Waals surface area contributed by atoms with Gasteiger partial charge in [0.2, 0.25) is 5.91 Å². The van der Waals surface area contributed by atoms with Crippen LogP contribution in [0.3, 0.4) is 0 Å². The molecule has 0 atom stereocenters. The van der Waals surface area contributed by atoms with Crippen LogP contribution >= 0.6 is 11.6 Å². The lowest BCUT2D eigenvalue weighted by Gasteiger charge is -2.27. The van der Waals surface area contributed by atoms with Gasteiger partial charge in [-0.3, -0.25) is 10.1 Å². The van der Waals surface area contributed by atoms with Crippen molar-refractivity contribution < 1.29 is 19.4 Å². The van der Waals surface area contributed by atoms with Crippen LogP contribution < -0.4 is 5.32 Å². The minimum atomic E-state index is -0.688. The number of aliphatic hydroxyl groups is 1. The number of likely N-dealkylation sites (N-methyl/N-ethyl adjacent to an activating group) is 1. The van der Waals surface area contributed by atoms with Gasteiger partial charge < -0.3 is 19.6 Å². The number of aliphatic hydroxyl groups excluding tert-OH is 1. The molecule has 0 rings (SSSR count). The van der Waals surface area contributed by atoms with Gasteiger partial charge in [0.1, 0.15) is 19.1 Å². The maximum Gasteiger partial charge on any atom is 0.411 e. The van der Waals surface area contributed by atoms with Crippen molar-refractivity contribution in [2.75, 3.05) is 33.5 Å². The first-order valence-corrected chi connectivity index (χ1v) is 11.1. The third-order valence-electron chi connectivity index (χ3n) is 4.74. The molecule has 0 saturated carbocycles. The fourth-order valence-corrected chi connectivity index (χ4v) is 2.79. The molecule has 184 valence electrons. The van der Waals surface area contributed by atoms with E-state index in [9.17, 15) is 14.7 Å². The van der Waals surface area contributed by atoms with Gasteiger partial charge in [0.05, 0.1) is 23.5 Å². The van der Waals surface area contributed by atoms with Crippen LogP contribution in [0.1, 0.15) is 48.0 Å². The Balaban J connectivity index is 5.75. The normalized spacial score (nSPS) is 12.4. The van der Waals surface area contributed by atoms with Crippen LogP contribution in [0.4, 0.5) is 4.79 Å². The number of nitrogens with zero attached hydrogens (tertiary/aromatic N) is 3. The van der Waals surface area contributed by atoms with Crippen molar-refractivity contribution in [1.82, 2.24) is 15.1 Å². The van der Waals surface area contributed by atoms with Crippen LogP contribution in [0.5, 0.6) is 0 Å². The maximum absolute atomic E-state index is 12.7. The number of hydrogen-bond acceptors (Lipinski definition) is 5. The van der Waals surface area contributed by atoms with E-state index in [2.05, 4.69) is 47.3 Å². The van der Waals surface area contributed by atoms with Gasteiger partial charge in [-0.05, 0) is 51.7 Å². The van der Waals surface area contributed by atoms with Crippen molar-refractivity contribution in [2.45, 2.75) is 48.0 Å². The van der Waals surface area contributed by atoms with E-state index in [1.54, 1.807) is 25.7 Å². The summed E-state index contributed by atoms with van der Waals surface area (Å²) in [6.07, 6.45) is 1.69. The molecule has 8 nitrogen and oxygen atoms in total. The zero-order chi connectivity index (χ0) is 25.6. The monoisotopic (exact) mass is 480 g/mol. The molecule has 9 heteroatoms. The van der Waals surface area contributed by atoms with Crippen molar-refractivity contribution in [3.05, 3.63) is 34.7 Å². The lowest BCUT2D eigenvalue weighted by molar-refractivity contribution is -0.132. The molecule has 0 aromatic heterocycles. The summed E-state index contributed by atoms with van der Waals surface area (Å²) in [6, 6.07) is 0. The Hall–Kier alpha value is -2.76. The zero-order valence-corrected chi connectivity index (χ0v) is 21.5. The van der Waals surface area contributed by atoms with Gasteiger partial charge in [0.25, 0.3) is 0 Å². The second-order valence-corrected chi connectivity index (χ2v) is 8.03. The topological polar surface area (TPSA) is 94.5 Å². The lowest BCUT2D eigenvalue weighted by Crippen LogP contribution is -2.43. The molecular formula is C24H37ClN4O4. The summed E-state index contributed by atoms with van der Waals surface area (Å²) in [4.78, 5) is 32.1. The number of allylic oxidation sites excluding steroid dienone is 3. The number of nitrogens with one attached hydrogen (secondary N) is 1. The minimum absolute atomic E-state index is 0.0150. The SMILES string of the molecule is C=C(/N=C(/C)N(CO)CC(=O)N(CC)CCC(C)C)/C(C)=C(/C=C(/Cl)C#CC)NC(=O)OC. The fourth-order valence-electron chi connectivity index (χ4n) is 2.59. The van der Waals surface area contributed by atoms with Crippen LogP contribution in [0, 0.1) is 17.8 Å². The van der Waals surface area contributed by atoms with Crippen LogP contribution in [-0.2, 0) is 9.53 Å². The summed E-state index contributed by atoms with van der Waals surface area (Å²) < 4.78 is 4.66. The number of carbonyl (C=O) groups is 2. The van der Waals surface area contributed by atoms with Crippen molar-refractivity contribution in [1.29, 1.82) is 0 Å². The Morgan fingerprint density at radius 1 is 1.30 bits per heavy atom. The second kappa shape index (κ2) is 15.9. The number of aliphatic imine (C=N–C) groups is 1. The molecule has 0 bridgehead atoms. The number of rotatable bonds is 11. The molecule has 0 spiro atoms. The predicted molar refractivity (Wildman–Crippen MR) is 133 cm³/mol. The lowest BCUT2D eigenvalue weighted by atomic mass is 10.1. The summed E-state index contributed by atoms with van der Waals surface area (Å²) in [6.45, 7) is 15.9. The van der Waals surface area contributed by atoms with Crippen molar-refractivity contribution in [3.63, 3.8) is 0 Å². The van der Waals surface area contributed by atoms with Gasteiger partial charge in [-0.2, -0.15) is 0 Å². The molecule has 33 heavy (non-hydrogen) atoms. The second-order valence-electron chi connectivity index (χ2n) is 7.62. The quantitative estimate of drug-likeness (QED) is 0.154. The first-order chi connectivity index (χ1) is 15.5. The van der Waals surface area contributed by atoms with E-state index < -0.39 is 6.09 Å². The molecule has 2 N–H and O–H groups in total. The molecule has 2 amide bonds. The van der Waals surface area contributed by atoms with E-state index in [1.807, 2.05) is 6.92 Å². The maximum atomic E-state index is 12.7. The molecule has 0 aromatic carbocycles. The molecular weight excluding hydrogens is 444 g/mol. The van der Waals surface area contributed by atoms with E-state index in [0.29, 0.717) is 41.8 Å². The van der Waals surface area contributed by atoms with Gasteiger partial charge in [0, 0.05) is 13.1 Å². The molecule has 0 saturated heterocycles. The first-order valence-electron chi connectivity index (χ1n) is 10.7. The fraction of sp³-hybridized carbons (Fsp3) is 0.542. The Kier molecular flexibility index (Phi) is 14.6. The molecule has 0 fully saturated rings. The van der Waals surface area contributed by atoms with Crippen molar-refractivity contribution >= 4 is 29.4 Å². The highest BCUT2D eigenvalue weighted by Gasteiger charge is 2.18. The van der Waals surface area contributed by atoms with E-state index in [4.69, 9.17) is 11.6 Å². The highest BCUT2D eigenvalue weighted by atomic mass is 35.5. The summed E-state index contributed by atoms with van der Waals surface area (Å²) in [5, 5.41) is 12.6. The van der Waals surface area contributed by atoms with Gasteiger partial charge >= 0.3 is 6.09 Å². The van der Waals surface area contributed by atoms with Crippen molar-refractivity contribution in [2.24, 2.45) is 10.9 Å². The third kappa shape index (κ3) is 11.6. The van der Waals surface area contributed by atoms with Crippen LogP contribution in [0.25, 0.3) is 0 Å². The van der Waals surface area contributed by atoms with E-state index in [0.717, 1.165) is 6.42 Å². The molecule has 0 aliphatic rings. The molecule has 0 aliphatic heterocycles. The number of amides is 2. The summed E-state index contributed by atoms with van der Waals surface area (Å²) >= 11 is 6.09. The Labute approximate surface area is 203 Å². The molecule has 0 aliphatic carbocycles. The summed E-state index contributed by atoms with van der Waals surface area (Å²) in [5.74, 6) is 6.15. The van der Waals surface area contributed by atoms with Gasteiger partial charge in [0.15, 0.2) is 0 Å². The molecule has 0 radical (unpaired) electrons.